The second-order valence-corrected chi connectivity index (χ2v) is 5.83. The summed E-state index contributed by atoms with van der Waals surface area (Å²) in [6.07, 6.45) is 1.72. The van der Waals surface area contributed by atoms with Gasteiger partial charge in [-0.3, -0.25) is 9.36 Å². The van der Waals surface area contributed by atoms with E-state index < -0.39 is 5.97 Å². The SMILES string of the molecule is O=C(Oc1ccc2c(ccn2C(=O)c2ccccc2)c1)c1ccccc1. The molecule has 0 saturated carbocycles. The first kappa shape index (κ1) is 15.8. The van der Waals surface area contributed by atoms with E-state index >= 15 is 0 Å². The molecular weight excluding hydrogens is 326 g/mol. The van der Waals surface area contributed by atoms with E-state index in [1.165, 1.54) is 0 Å². The van der Waals surface area contributed by atoms with Gasteiger partial charge in [0.2, 0.25) is 0 Å². The first-order valence-corrected chi connectivity index (χ1v) is 8.20. The molecule has 0 fully saturated rings. The van der Waals surface area contributed by atoms with Gasteiger partial charge in [-0.25, -0.2) is 4.79 Å². The normalized spacial score (nSPS) is 10.6. The summed E-state index contributed by atoms with van der Waals surface area (Å²) in [4.78, 5) is 24.8. The highest BCUT2D eigenvalue weighted by Crippen LogP contribution is 2.23. The van der Waals surface area contributed by atoms with Crippen molar-refractivity contribution in [3.8, 4) is 5.75 Å². The summed E-state index contributed by atoms with van der Waals surface area (Å²) in [7, 11) is 0. The summed E-state index contributed by atoms with van der Waals surface area (Å²) in [6.45, 7) is 0. The van der Waals surface area contributed by atoms with Crippen LogP contribution in [0.15, 0.2) is 91.1 Å². The van der Waals surface area contributed by atoms with Gasteiger partial charge in [0.1, 0.15) is 5.75 Å². The quantitative estimate of drug-likeness (QED) is 0.406. The van der Waals surface area contributed by atoms with Crippen molar-refractivity contribution in [3.63, 3.8) is 0 Å². The Balaban J connectivity index is 1.62. The average molecular weight is 341 g/mol. The summed E-state index contributed by atoms with van der Waals surface area (Å²) in [5.74, 6) is -0.0735. The molecule has 0 aliphatic carbocycles. The van der Waals surface area contributed by atoms with Crippen molar-refractivity contribution >= 4 is 22.8 Å². The van der Waals surface area contributed by atoms with Crippen molar-refractivity contribution in [3.05, 3.63) is 102 Å². The Morgan fingerprint density at radius 2 is 1.38 bits per heavy atom. The minimum absolute atomic E-state index is 0.102. The van der Waals surface area contributed by atoms with Crippen molar-refractivity contribution in [2.24, 2.45) is 0 Å². The van der Waals surface area contributed by atoms with E-state index in [0.29, 0.717) is 16.9 Å². The van der Waals surface area contributed by atoms with Crippen molar-refractivity contribution in [1.82, 2.24) is 4.57 Å². The molecule has 0 N–H and O–H groups in total. The third kappa shape index (κ3) is 3.00. The van der Waals surface area contributed by atoms with E-state index in [0.717, 1.165) is 10.9 Å². The van der Waals surface area contributed by atoms with Crippen LogP contribution in [0.5, 0.6) is 5.75 Å². The summed E-state index contributed by atoms with van der Waals surface area (Å²) < 4.78 is 7.02. The number of esters is 1. The van der Waals surface area contributed by atoms with Crippen LogP contribution in [-0.4, -0.2) is 16.4 Å². The number of hydrogen-bond acceptors (Lipinski definition) is 3. The zero-order chi connectivity index (χ0) is 17.9. The molecule has 0 amide bonds. The van der Waals surface area contributed by atoms with Gasteiger partial charge in [0.05, 0.1) is 11.1 Å². The largest absolute Gasteiger partial charge is 0.423 e. The number of fused-ring (bicyclic) bond motifs is 1. The van der Waals surface area contributed by atoms with Crippen LogP contribution in [-0.2, 0) is 0 Å². The fourth-order valence-electron chi connectivity index (χ4n) is 2.82. The maximum absolute atomic E-state index is 12.6. The molecule has 26 heavy (non-hydrogen) atoms. The molecule has 0 bridgehead atoms. The Kier molecular flexibility index (Phi) is 4.07. The predicted octanol–water partition coefficient (Wildman–Crippen LogP) is 4.55. The van der Waals surface area contributed by atoms with E-state index in [1.807, 2.05) is 30.3 Å². The molecule has 0 unspecified atom stereocenters. The van der Waals surface area contributed by atoms with Gasteiger partial charge in [0.15, 0.2) is 0 Å². The van der Waals surface area contributed by atoms with Gasteiger partial charge in [-0.2, -0.15) is 0 Å². The molecule has 1 heterocycles. The minimum atomic E-state index is -0.412. The fraction of sp³-hybridized carbons (Fsp3) is 0. The lowest BCUT2D eigenvalue weighted by Gasteiger charge is -2.06. The molecule has 0 spiro atoms. The summed E-state index contributed by atoms with van der Waals surface area (Å²) in [6, 6.07) is 25.0. The van der Waals surface area contributed by atoms with Crippen LogP contribution in [0, 0.1) is 0 Å². The summed E-state index contributed by atoms with van der Waals surface area (Å²) >= 11 is 0. The highest BCUT2D eigenvalue weighted by Gasteiger charge is 2.13. The van der Waals surface area contributed by atoms with Crippen LogP contribution in [0.25, 0.3) is 10.9 Å². The molecule has 0 saturated heterocycles. The monoisotopic (exact) mass is 341 g/mol. The smallest absolute Gasteiger partial charge is 0.343 e. The molecule has 4 heteroatoms. The lowest BCUT2D eigenvalue weighted by atomic mass is 10.2. The van der Waals surface area contributed by atoms with Gasteiger partial charge in [-0.05, 0) is 48.5 Å². The van der Waals surface area contributed by atoms with E-state index in [-0.39, 0.29) is 5.91 Å². The summed E-state index contributed by atoms with van der Waals surface area (Å²) in [5.41, 5.74) is 1.87. The van der Waals surface area contributed by atoms with Crippen molar-refractivity contribution < 1.29 is 14.3 Å². The lowest BCUT2D eigenvalue weighted by molar-refractivity contribution is 0.0734. The Hall–Kier alpha value is -3.66. The third-order valence-corrected chi connectivity index (χ3v) is 4.12. The maximum Gasteiger partial charge on any atom is 0.343 e. The minimum Gasteiger partial charge on any atom is -0.423 e. The Morgan fingerprint density at radius 1 is 0.731 bits per heavy atom. The van der Waals surface area contributed by atoms with Crippen LogP contribution >= 0.6 is 0 Å². The Labute approximate surface area is 150 Å². The standard InChI is InChI=1S/C22H15NO3/c24-21(16-7-3-1-4-8-16)23-14-13-18-15-19(11-12-20(18)23)26-22(25)17-9-5-2-6-10-17/h1-15H. The molecular formula is C22H15NO3. The maximum atomic E-state index is 12.6. The molecule has 0 aliphatic rings. The van der Waals surface area contributed by atoms with E-state index in [9.17, 15) is 9.59 Å². The van der Waals surface area contributed by atoms with Gasteiger partial charge in [-0.1, -0.05) is 36.4 Å². The third-order valence-electron chi connectivity index (χ3n) is 4.12. The molecule has 4 aromatic rings. The van der Waals surface area contributed by atoms with Crippen LogP contribution in [0.1, 0.15) is 20.7 Å². The molecule has 1 aromatic heterocycles. The molecule has 0 aliphatic heterocycles. The number of hydrogen-bond donors (Lipinski definition) is 0. The molecule has 3 aromatic carbocycles. The van der Waals surface area contributed by atoms with E-state index in [4.69, 9.17) is 4.74 Å². The zero-order valence-corrected chi connectivity index (χ0v) is 13.8. The second-order valence-electron chi connectivity index (χ2n) is 5.83. The first-order valence-electron chi connectivity index (χ1n) is 8.20. The zero-order valence-electron chi connectivity index (χ0n) is 13.8. The topological polar surface area (TPSA) is 48.3 Å². The van der Waals surface area contributed by atoms with Crippen molar-refractivity contribution in [2.75, 3.05) is 0 Å². The number of ether oxygens (including phenoxy) is 1. The molecule has 4 rings (SSSR count). The van der Waals surface area contributed by atoms with Gasteiger partial charge in [0.25, 0.3) is 5.91 Å². The van der Waals surface area contributed by atoms with E-state index in [2.05, 4.69) is 0 Å². The number of nitrogens with zero attached hydrogens (tertiary/aromatic N) is 1. The molecule has 0 atom stereocenters. The number of carbonyl (C=O) groups is 2. The Morgan fingerprint density at radius 3 is 2.08 bits per heavy atom. The molecule has 0 radical (unpaired) electrons. The summed E-state index contributed by atoms with van der Waals surface area (Å²) in [5, 5.41) is 0.827. The van der Waals surface area contributed by atoms with Crippen molar-refractivity contribution in [1.29, 1.82) is 0 Å². The Bertz CT molecular complexity index is 1080. The fourth-order valence-corrected chi connectivity index (χ4v) is 2.82. The predicted molar refractivity (Wildman–Crippen MR) is 99.5 cm³/mol. The van der Waals surface area contributed by atoms with Crippen molar-refractivity contribution in [2.45, 2.75) is 0 Å². The van der Waals surface area contributed by atoms with Crippen LogP contribution < -0.4 is 4.74 Å². The van der Waals surface area contributed by atoms with Gasteiger partial charge in [-0.15, -0.1) is 0 Å². The first-order chi connectivity index (χ1) is 12.7. The van der Waals surface area contributed by atoms with Crippen LogP contribution in [0.2, 0.25) is 0 Å². The highest BCUT2D eigenvalue weighted by molar-refractivity contribution is 6.02. The second kappa shape index (κ2) is 6.69. The highest BCUT2D eigenvalue weighted by atomic mass is 16.5. The van der Waals surface area contributed by atoms with Gasteiger partial charge in [0, 0.05) is 17.1 Å². The van der Waals surface area contributed by atoms with Crippen LogP contribution in [0.4, 0.5) is 0 Å². The average Bonchev–Trinajstić information content (AvgIpc) is 3.12. The van der Waals surface area contributed by atoms with E-state index in [1.54, 1.807) is 65.4 Å². The number of carbonyl (C=O) groups excluding carboxylic acids is 2. The van der Waals surface area contributed by atoms with Gasteiger partial charge < -0.3 is 4.74 Å². The molecule has 126 valence electrons. The number of aromatic nitrogens is 1. The lowest BCUT2D eigenvalue weighted by Crippen LogP contribution is -2.10. The number of benzene rings is 3. The van der Waals surface area contributed by atoms with Crippen LogP contribution in [0.3, 0.4) is 0 Å². The van der Waals surface area contributed by atoms with Gasteiger partial charge >= 0.3 is 5.97 Å². The number of rotatable bonds is 3. The molecule has 4 nitrogen and oxygen atoms in total.